The molecular formula is C23H33N2O3P. The molecule has 0 aromatic heterocycles. The topological polar surface area (TPSA) is 50.8 Å². The third-order valence-electron chi connectivity index (χ3n) is 5.68. The van der Waals surface area contributed by atoms with E-state index in [4.69, 9.17) is 9.47 Å². The van der Waals surface area contributed by atoms with Crippen molar-refractivity contribution < 1.29 is 14.0 Å². The number of likely N-dealkylation sites (tertiary alicyclic amines) is 1. The van der Waals surface area contributed by atoms with E-state index >= 15 is 0 Å². The van der Waals surface area contributed by atoms with E-state index < -0.39 is 7.29 Å². The van der Waals surface area contributed by atoms with Crippen molar-refractivity contribution in [2.75, 3.05) is 33.9 Å². The number of benzene rings is 2. The molecule has 1 atom stereocenters. The van der Waals surface area contributed by atoms with Gasteiger partial charge >= 0.3 is 0 Å². The predicted molar refractivity (Wildman–Crippen MR) is 120 cm³/mol. The number of rotatable bonds is 9. The first-order chi connectivity index (χ1) is 14.0. The molecule has 6 heteroatoms. The van der Waals surface area contributed by atoms with Gasteiger partial charge in [0.2, 0.25) is 7.29 Å². The van der Waals surface area contributed by atoms with Gasteiger partial charge in [-0.2, -0.15) is 0 Å². The Morgan fingerprint density at radius 3 is 1.72 bits per heavy atom. The van der Waals surface area contributed by atoms with Gasteiger partial charge in [0.1, 0.15) is 11.5 Å². The largest absolute Gasteiger partial charge is 0.497 e. The van der Waals surface area contributed by atoms with Crippen LogP contribution in [0.3, 0.4) is 0 Å². The molecule has 0 saturated carbocycles. The highest BCUT2D eigenvalue weighted by molar-refractivity contribution is 7.76. The van der Waals surface area contributed by atoms with E-state index in [0.717, 1.165) is 41.7 Å². The number of nitrogens with one attached hydrogen (secondary N) is 1. The van der Waals surface area contributed by atoms with Crippen molar-refractivity contribution in [2.45, 2.75) is 32.7 Å². The van der Waals surface area contributed by atoms with Crippen LogP contribution in [0.5, 0.6) is 11.5 Å². The summed E-state index contributed by atoms with van der Waals surface area (Å²) in [5.74, 6) is 1.88. The molecule has 1 N–H and O–H groups in total. The lowest BCUT2D eigenvalue weighted by molar-refractivity contribution is 0.274. The van der Waals surface area contributed by atoms with Gasteiger partial charge in [-0.05, 0) is 80.4 Å². The summed E-state index contributed by atoms with van der Waals surface area (Å²) in [6.07, 6.45) is 2.50. The van der Waals surface area contributed by atoms with Crippen molar-refractivity contribution in [2.24, 2.45) is 5.92 Å². The van der Waals surface area contributed by atoms with Crippen molar-refractivity contribution >= 4 is 17.9 Å². The SMILES string of the molecule is COc1ccc(P(=O)(N[C@@H](CN2CCCC2)C(C)C)c2ccc(OC)cc2)cc1. The molecule has 1 saturated heterocycles. The quantitative estimate of drug-likeness (QED) is 0.633. The van der Waals surface area contributed by atoms with Gasteiger partial charge in [0.25, 0.3) is 0 Å². The summed E-state index contributed by atoms with van der Waals surface area (Å²) in [7, 11) is 0.241. The van der Waals surface area contributed by atoms with E-state index in [2.05, 4.69) is 23.8 Å². The highest BCUT2D eigenvalue weighted by Gasteiger charge is 2.32. The van der Waals surface area contributed by atoms with Crippen LogP contribution < -0.4 is 25.2 Å². The van der Waals surface area contributed by atoms with Crippen molar-refractivity contribution in [3.05, 3.63) is 48.5 Å². The van der Waals surface area contributed by atoms with Crippen LogP contribution in [-0.4, -0.2) is 44.8 Å². The minimum Gasteiger partial charge on any atom is -0.497 e. The molecule has 1 aliphatic rings. The lowest BCUT2D eigenvalue weighted by atomic mass is 10.1. The molecule has 1 fully saturated rings. The number of hydrogen-bond acceptors (Lipinski definition) is 4. The number of nitrogens with zero attached hydrogens (tertiary/aromatic N) is 1. The van der Waals surface area contributed by atoms with Crippen LogP contribution in [0.25, 0.3) is 0 Å². The Labute approximate surface area is 174 Å². The lowest BCUT2D eigenvalue weighted by Crippen LogP contribution is -2.45. The summed E-state index contributed by atoms with van der Waals surface area (Å²) in [5.41, 5.74) is 0. The molecule has 29 heavy (non-hydrogen) atoms. The molecule has 0 spiro atoms. The molecule has 2 aromatic rings. The van der Waals surface area contributed by atoms with Gasteiger partial charge in [-0.3, -0.25) is 9.65 Å². The maximum Gasteiger partial charge on any atom is 0.204 e. The van der Waals surface area contributed by atoms with E-state index in [1.807, 2.05) is 48.5 Å². The Morgan fingerprint density at radius 1 is 0.897 bits per heavy atom. The fourth-order valence-electron chi connectivity index (χ4n) is 3.76. The first-order valence-corrected chi connectivity index (χ1v) is 12.1. The summed E-state index contributed by atoms with van der Waals surface area (Å²) in [5, 5.41) is 5.17. The van der Waals surface area contributed by atoms with Gasteiger partial charge in [-0.1, -0.05) is 13.8 Å². The summed E-state index contributed by atoms with van der Waals surface area (Å²) < 4.78 is 25.1. The molecule has 3 rings (SSSR count). The molecule has 0 bridgehead atoms. The minimum atomic E-state index is -3.04. The zero-order chi connectivity index (χ0) is 20.9. The zero-order valence-electron chi connectivity index (χ0n) is 17.9. The molecule has 158 valence electrons. The molecule has 2 aromatic carbocycles. The Kier molecular flexibility index (Phi) is 7.39. The van der Waals surface area contributed by atoms with Gasteiger partial charge in [0, 0.05) is 23.2 Å². The van der Waals surface area contributed by atoms with Gasteiger partial charge in [-0.15, -0.1) is 0 Å². The third kappa shape index (κ3) is 5.22. The van der Waals surface area contributed by atoms with Crippen LogP contribution in [0.15, 0.2) is 48.5 Å². The molecule has 0 amide bonds. The molecular weight excluding hydrogens is 383 g/mol. The number of hydrogen-bond donors (Lipinski definition) is 1. The number of methoxy groups -OCH3 is 2. The van der Waals surface area contributed by atoms with Crippen LogP contribution in [0.4, 0.5) is 0 Å². The van der Waals surface area contributed by atoms with Crippen LogP contribution in [0.2, 0.25) is 0 Å². The minimum absolute atomic E-state index is 0.128. The second-order valence-electron chi connectivity index (χ2n) is 7.99. The highest BCUT2D eigenvalue weighted by Crippen LogP contribution is 2.41. The Hall–Kier alpha value is -1.81. The normalized spacial score (nSPS) is 16.2. The molecule has 0 unspecified atom stereocenters. The van der Waals surface area contributed by atoms with Crippen LogP contribution in [-0.2, 0) is 4.57 Å². The van der Waals surface area contributed by atoms with E-state index in [9.17, 15) is 4.57 Å². The standard InChI is InChI=1S/C23H33N2O3P/c1-18(2)23(17-25-15-5-6-16-25)24-29(26,21-11-7-19(27-3)8-12-21)22-13-9-20(28-4)10-14-22/h7-14,18,23H,5-6,15-17H2,1-4H3,(H,24,26)/t23-/m0/s1. The summed E-state index contributed by atoms with van der Waals surface area (Å²) in [4.78, 5) is 2.48. The summed E-state index contributed by atoms with van der Waals surface area (Å²) >= 11 is 0. The van der Waals surface area contributed by atoms with Crippen LogP contribution in [0, 0.1) is 5.92 Å². The van der Waals surface area contributed by atoms with Crippen molar-refractivity contribution in [3.8, 4) is 11.5 Å². The smallest absolute Gasteiger partial charge is 0.204 e. The fourth-order valence-corrected chi connectivity index (χ4v) is 6.34. The van der Waals surface area contributed by atoms with Gasteiger partial charge in [0.05, 0.1) is 14.2 Å². The Morgan fingerprint density at radius 2 is 1.34 bits per heavy atom. The third-order valence-corrected chi connectivity index (χ3v) is 8.42. The first-order valence-electron chi connectivity index (χ1n) is 10.4. The zero-order valence-corrected chi connectivity index (χ0v) is 18.8. The number of ether oxygens (including phenoxy) is 2. The molecule has 1 aliphatic heterocycles. The lowest BCUT2D eigenvalue weighted by Gasteiger charge is -2.32. The van der Waals surface area contributed by atoms with E-state index in [1.165, 1.54) is 12.8 Å². The van der Waals surface area contributed by atoms with Crippen molar-refractivity contribution in [1.29, 1.82) is 0 Å². The van der Waals surface area contributed by atoms with Crippen molar-refractivity contribution in [1.82, 2.24) is 9.99 Å². The monoisotopic (exact) mass is 416 g/mol. The summed E-state index contributed by atoms with van der Waals surface area (Å²) in [6.45, 7) is 7.55. The molecule has 1 heterocycles. The van der Waals surface area contributed by atoms with Crippen LogP contribution >= 0.6 is 7.29 Å². The highest BCUT2D eigenvalue weighted by atomic mass is 31.2. The van der Waals surface area contributed by atoms with Crippen LogP contribution in [0.1, 0.15) is 26.7 Å². The second-order valence-corrected chi connectivity index (χ2v) is 10.5. The molecule has 0 aliphatic carbocycles. The van der Waals surface area contributed by atoms with Gasteiger partial charge in [-0.25, -0.2) is 0 Å². The average molecular weight is 417 g/mol. The second kappa shape index (κ2) is 9.80. The van der Waals surface area contributed by atoms with E-state index in [0.29, 0.717) is 5.92 Å². The van der Waals surface area contributed by atoms with E-state index in [1.54, 1.807) is 14.2 Å². The average Bonchev–Trinajstić information content (AvgIpc) is 3.26. The molecule has 5 nitrogen and oxygen atoms in total. The van der Waals surface area contributed by atoms with Crippen molar-refractivity contribution in [3.63, 3.8) is 0 Å². The van der Waals surface area contributed by atoms with Gasteiger partial charge in [0.15, 0.2) is 0 Å². The molecule has 0 radical (unpaired) electrons. The Balaban J connectivity index is 1.96. The Bertz CT molecular complexity index is 764. The van der Waals surface area contributed by atoms with E-state index in [-0.39, 0.29) is 6.04 Å². The fraction of sp³-hybridized carbons (Fsp3) is 0.478. The first kappa shape index (κ1) is 21.9. The predicted octanol–water partition coefficient (Wildman–Crippen LogP) is 3.64. The summed E-state index contributed by atoms with van der Waals surface area (Å²) in [6, 6.07) is 15.2. The maximum absolute atomic E-state index is 14.5. The maximum atomic E-state index is 14.5. The van der Waals surface area contributed by atoms with Gasteiger partial charge < -0.3 is 14.4 Å².